The first-order valence-electron chi connectivity index (χ1n) is 6.36. The summed E-state index contributed by atoms with van der Waals surface area (Å²) in [6, 6.07) is 0. The molecule has 1 rings (SSSR count). The molecule has 0 atom stereocenters. The number of aromatic nitrogens is 1. The second-order valence-electron chi connectivity index (χ2n) is 4.21. The molecule has 1 aromatic rings. The predicted octanol–water partition coefficient (Wildman–Crippen LogP) is 2.99. The van der Waals surface area contributed by atoms with E-state index in [1.807, 2.05) is 6.92 Å². The number of hydrogen-bond donors (Lipinski definition) is 1. The van der Waals surface area contributed by atoms with E-state index in [4.69, 9.17) is 9.52 Å². The van der Waals surface area contributed by atoms with Crippen molar-refractivity contribution in [3.8, 4) is 0 Å². The minimum atomic E-state index is -0.856. The van der Waals surface area contributed by atoms with Gasteiger partial charge in [-0.15, -0.1) is 0 Å². The lowest BCUT2D eigenvalue weighted by molar-refractivity contribution is -0.136. The van der Waals surface area contributed by atoms with E-state index in [0.29, 0.717) is 18.0 Å². The van der Waals surface area contributed by atoms with Crippen molar-refractivity contribution in [1.82, 2.24) is 4.98 Å². The Bertz CT molecular complexity index is 358. The highest BCUT2D eigenvalue weighted by atomic mass is 16.4. The molecule has 0 aromatic carbocycles. The highest BCUT2D eigenvalue weighted by Gasteiger charge is 2.14. The third-order valence-electron chi connectivity index (χ3n) is 2.71. The molecule has 1 aromatic heterocycles. The third kappa shape index (κ3) is 4.59. The fraction of sp³-hybridized carbons (Fsp3) is 0.692. The van der Waals surface area contributed by atoms with Gasteiger partial charge in [-0.2, -0.15) is 0 Å². The van der Waals surface area contributed by atoms with Crippen LogP contribution < -0.4 is 0 Å². The van der Waals surface area contributed by atoms with Crippen LogP contribution in [0.25, 0.3) is 0 Å². The molecule has 1 N–H and O–H groups in total. The molecule has 0 amide bonds. The van der Waals surface area contributed by atoms with Crippen LogP contribution in [-0.2, 0) is 24.1 Å². The molecular weight excluding hydrogens is 218 g/mol. The van der Waals surface area contributed by atoms with E-state index in [2.05, 4.69) is 11.9 Å². The summed E-state index contributed by atoms with van der Waals surface area (Å²) in [7, 11) is 0. The van der Waals surface area contributed by atoms with Crippen molar-refractivity contribution in [2.24, 2.45) is 0 Å². The summed E-state index contributed by atoms with van der Waals surface area (Å²) in [6.45, 7) is 4.12. The topological polar surface area (TPSA) is 63.3 Å². The van der Waals surface area contributed by atoms with Gasteiger partial charge in [0.2, 0.25) is 0 Å². The van der Waals surface area contributed by atoms with Crippen LogP contribution in [0.15, 0.2) is 4.42 Å². The SMILES string of the molecule is CCCCCCc1nc(CC(=O)O)c(CC)o1. The molecule has 4 heteroatoms. The standard InChI is InChI=1S/C13H21NO3/c1-3-5-6-7-8-12-14-10(9-13(15)16)11(4-2)17-12/h3-9H2,1-2H3,(H,15,16). The molecule has 96 valence electrons. The fourth-order valence-electron chi connectivity index (χ4n) is 1.80. The zero-order valence-electron chi connectivity index (χ0n) is 10.7. The molecule has 0 saturated carbocycles. The largest absolute Gasteiger partial charge is 0.481 e. The van der Waals surface area contributed by atoms with Crippen molar-refractivity contribution in [2.75, 3.05) is 0 Å². The Morgan fingerprint density at radius 1 is 1.29 bits per heavy atom. The van der Waals surface area contributed by atoms with Gasteiger partial charge in [-0.1, -0.05) is 33.1 Å². The maximum atomic E-state index is 10.7. The van der Waals surface area contributed by atoms with E-state index in [9.17, 15) is 4.79 Å². The van der Waals surface area contributed by atoms with Gasteiger partial charge in [0.05, 0.1) is 12.1 Å². The van der Waals surface area contributed by atoms with Gasteiger partial charge in [-0.25, -0.2) is 4.98 Å². The molecule has 0 aliphatic heterocycles. The first kappa shape index (κ1) is 13.7. The minimum Gasteiger partial charge on any atom is -0.481 e. The molecule has 0 aliphatic carbocycles. The van der Waals surface area contributed by atoms with Crippen LogP contribution in [-0.4, -0.2) is 16.1 Å². The fourth-order valence-corrected chi connectivity index (χ4v) is 1.80. The Morgan fingerprint density at radius 3 is 2.65 bits per heavy atom. The zero-order chi connectivity index (χ0) is 12.7. The van der Waals surface area contributed by atoms with E-state index in [1.54, 1.807) is 0 Å². The number of oxazole rings is 1. The lowest BCUT2D eigenvalue weighted by atomic mass is 10.1. The van der Waals surface area contributed by atoms with Crippen LogP contribution >= 0.6 is 0 Å². The van der Waals surface area contributed by atoms with E-state index in [1.165, 1.54) is 19.3 Å². The average molecular weight is 239 g/mol. The third-order valence-corrected chi connectivity index (χ3v) is 2.71. The van der Waals surface area contributed by atoms with Crippen molar-refractivity contribution in [3.63, 3.8) is 0 Å². The molecule has 17 heavy (non-hydrogen) atoms. The minimum absolute atomic E-state index is 0.0400. The van der Waals surface area contributed by atoms with Gasteiger partial charge in [-0.3, -0.25) is 4.79 Å². The zero-order valence-corrected chi connectivity index (χ0v) is 10.7. The van der Waals surface area contributed by atoms with Gasteiger partial charge in [0.1, 0.15) is 5.76 Å². The number of carboxylic acids is 1. The van der Waals surface area contributed by atoms with Crippen LogP contribution in [0.4, 0.5) is 0 Å². The Balaban J connectivity index is 2.55. The first-order valence-corrected chi connectivity index (χ1v) is 6.36. The second kappa shape index (κ2) is 7.09. The molecule has 0 unspecified atom stereocenters. The number of carbonyl (C=O) groups is 1. The number of hydrogen-bond acceptors (Lipinski definition) is 3. The number of nitrogens with zero attached hydrogens (tertiary/aromatic N) is 1. The highest BCUT2D eigenvalue weighted by Crippen LogP contribution is 2.15. The number of unbranched alkanes of at least 4 members (excludes halogenated alkanes) is 3. The van der Waals surface area contributed by atoms with Crippen molar-refractivity contribution >= 4 is 5.97 Å². The predicted molar refractivity (Wildman–Crippen MR) is 65.1 cm³/mol. The van der Waals surface area contributed by atoms with Crippen molar-refractivity contribution in [3.05, 3.63) is 17.3 Å². The monoisotopic (exact) mass is 239 g/mol. The van der Waals surface area contributed by atoms with Gasteiger partial charge in [-0.05, 0) is 6.42 Å². The van der Waals surface area contributed by atoms with Crippen LogP contribution in [0.1, 0.15) is 56.9 Å². The Hall–Kier alpha value is -1.32. The quantitative estimate of drug-likeness (QED) is 0.708. The number of aliphatic carboxylic acids is 1. The van der Waals surface area contributed by atoms with E-state index in [0.717, 1.165) is 18.6 Å². The van der Waals surface area contributed by atoms with Gasteiger partial charge in [0.25, 0.3) is 0 Å². The smallest absolute Gasteiger partial charge is 0.309 e. The summed E-state index contributed by atoms with van der Waals surface area (Å²) in [5.74, 6) is 0.553. The van der Waals surface area contributed by atoms with E-state index in [-0.39, 0.29) is 6.42 Å². The first-order chi connectivity index (χ1) is 8.17. The Labute approximate surface area is 102 Å². The normalized spacial score (nSPS) is 10.7. The maximum Gasteiger partial charge on any atom is 0.309 e. The molecule has 0 saturated heterocycles. The number of rotatable bonds is 8. The second-order valence-corrected chi connectivity index (χ2v) is 4.21. The number of aryl methyl sites for hydroxylation is 2. The lowest BCUT2D eigenvalue weighted by Gasteiger charge is -1.95. The summed E-state index contributed by atoms with van der Waals surface area (Å²) in [5.41, 5.74) is 0.588. The van der Waals surface area contributed by atoms with Crippen LogP contribution in [0, 0.1) is 0 Å². The molecule has 4 nitrogen and oxygen atoms in total. The number of carboxylic acid groups (broad SMARTS) is 1. The van der Waals surface area contributed by atoms with Crippen LogP contribution in [0.5, 0.6) is 0 Å². The summed E-state index contributed by atoms with van der Waals surface area (Å²) >= 11 is 0. The molecule has 0 bridgehead atoms. The summed E-state index contributed by atoms with van der Waals surface area (Å²) in [6.07, 6.45) is 6.14. The summed E-state index contributed by atoms with van der Waals surface area (Å²) in [4.78, 5) is 14.9. The molecule has 0 radical (unpaired) electrons. The van der Waals surface area contributed by atoms with Gasteiger partial charge >= 0.3 is 5.97 Å². The van der Waals surface area contributed by atoms with Gasteiger partial charge < -0.3 is 9.52 Å². The molecule has 0 aliphatic rings. The van der Waals surface area contributed by atoms with Crippen molar-refractivity contribution in [1.29, 1.82) is 0 Å². The summed E-state index contributed by atoms with van der Waals surface area (Å²) < 4.78 is 5.57. The highest BCUT2D eigenvalue weighted by molar-refractivity contribution is 5.69. The maximum absolute atomic E-state index is 10.7. The molecule has 0 spiro atoms. The van der Waals surface area contributed by atoms with Gasteiger partial charge in [0.15, 0.2) is 5.89 Å². The summed E-state index contributed by atoms with van der Waals surface area (Å²) in [5, 5.41) is 8.76. The van der Waals surface area contributed by atoms with E-state index < -0.39 is 5.97 Å². The molecule has 0 fully saturated rings. The van der Waals surface area contributed by atoms with Crippen molar-refractivity contribution < 1.29 is 14.3 Å². The Morgan fingerprint density at radius 2 is 2.06 bits per heavy atom. The van der Waals surface area contributed by atoms with Crippen LogP contribution in [0.3, 0.4) is 0 Å². The average Bonchev–Trinajstić information content (AvgIpc) is 2.66. The lowest BCUT2D eigenvalue weighted by Crippen LogP contribution is -2.02. The van der Waals surface area contributed by atoms with E-state index >= 15 is 0 Å². The van der Waals surface area contributed by atoms with Crippen LogP contribution in [0.2, 0.25) is 0 Å². The van der Waals surface area contributed by atoms with Gasteiger partial charge in [0, 0.05) is 12.8 Å². The Kier molecular flexibility index (Phi) is 5.73. The molecule has 1 heterocycles. The molecular formula is C13H21NO3. The van der Waals surface area contributed by atoms with Crippen molar-refractivity contribution in [2.45, 2.75) is 58.8 Å².